The summed E-state index contributed by atoms with van der Waals surface area (Å²) < 4.78 is 0. The molecule has 3 rings (SSSR count). The van der Waals surface area contributed by atoms with Gasteiger partial charge in [-0.3, -0.25) is 5.10 Å². The van der Waals surface area contributed by atoms with Gasteiger partial charge in [0.15, 0.2) is 0 Å². The van der Waals surface area contributed by atoms with Crippen molar-refractivity contribution in [1.82, 2.24) is 10.2 Å². The lowest BCUT2D eigenvalue weighted by Gasteiger charge is -2.21. The highest BCUT2D eigenvalue weighted by Crippen LogP contribution is 2.28. The molecular formula is C17H17N3. The number of aryl methyl sites for hydroxylation is 1. The molecule has 20 heavy (non-hydrogen) atoms. The Morgan fingerprint density at radius 2 is 1.75 bits per heavy atom. The van der Waals surface area contributed by atoms with Crippen molar-refractivity contribution >= 4 is 5.69 Å². The minimum atomic E-state index is 0.120. The molecule has 0 saturated heterocycles. The number of hydrogen-bond acceptors (Lipinski definition) is 2. The van der Waals surface area contributed by atoms with E-state index < -0.39 is 0 Å². The van der Waals surface area contributed by atoms with Crippen LogP contribution in [0.3, 0.4) is 0 Å². The molecule has 3 nitrogen and oxygen atoms in total. The number of anilines is 1. The predicted molar refractivity (Wildman–Crippen MR) is 81.7 cm³/mol. The molecule has 100 valence electrons. The summed E-state index contributed by atoms with van der Waals surface area (Å²) in [4.78, 5) is 0. The number of nitrogens with zero attached hydrogens (tertiary/aromatic N) is 1. The summed E-state index contributed by atoms with van der Waals surface area (Å²) in [7, 11) is 0. The standard InChI is InChI=1S/C17H17N3/c1-13-7-5-6-10-16(13)17(14-8-3-2-4-9-14)20-15-11-18-19-12-15/h2-12,17,20H,1H3,(H,18,19). The van der Waals surface area contributed by atoms with Crippen LogP contribution in [0.5, 0.6) is 0 Å². The average molecular weight is 263 g/mol. The fourth-order valence-corrected chi connectivity index (χ4v) is 2.39. The first kappa shape index (κ1) is 12.5. The fourth-order valence-electron chi connectivity index (χ4n) is 2.39. The van der Waals surface area contributed by atoms with E-state index in [-0.39, 0.29) is 6.04 Å². The predicted octanol–water partition coefficient (Wildman–Crippen LogP) is 3.92. The van der Waals surface area contributed by atoms with Crippen LogP contribution in [0.4, 0.5) is 5.69 Å². The Kier molecular flexibility index (Phi) is 3.50. The average Bonchev–Trinajstić information content (AvgIpc) is 3.00. The van der Waals surface area contributed by atoms with Gasteiger partial charge in [-0.1, -0.05) is 54.6 Å². The lowest BCUT2D eigenvalue weighted by atomic mass is 9.95. The normalized spacial score (nSPS) is 12.1. The first-order valence-electron chi connectivity index (χ1n) is 6.70. The van der Waals surface area contributed by atoms with Crippen LogP contribution in [0.15, 0.2) is 67.0 Å². The summed E-state index contributed by atoms with van der Waals surface area (Å²) in [5.74, 6) is 0. The minimum absolute atomic E-state index is 0.120. The Hall–Kier alpha value is -2.55. The molecule has 2 N–H and O–H groups in total. The molecule has 0 saturated carbocycles. The van der Waals surface area contributed by atoms with E-state index in [1.807, 2.05) is 12.3 Å². The number of rotatable bonds is 4. The molecule has 1 atom stereocenters. The Bertz CT molecular complexity index is 660. The second-order valence-corrected chi connectivity index (χ2v) is 4.83. The highest BCUT2D eigenvalue weighted by atomic mass is 15.1. The molecule has 1 heterocycles. The van der Waals surface area contributed by atoms with Gasteiger partial charge in [0, 0.05) is 6.20 Å². The summed E-state index contributed by atoms with van der Waals surface area (Å²) in [6.45, 7) is 2.14. The van der Waals surface area contributed by atoms with Gasteiger partial charge in [-0.15, -0.1) is 0 Å². The summed E-state index contributed by atoms with van der Waals surface area (Å²) in [6, 6.07) is 19.0. The van der Waals surface area contributed by atoms with Crippen molar-refractivity contribution < 1.29 is 0 Å². The van der Waals surface area contributed by atoms with Crippen LogP contribution in [-0.2, 0) is 0 Å². The number of hydrogen-bond donors (Lipinski definition) is 2. The van der Waals surface area contributed by atoms with Crippen molar-refractivity contribution in [3.05, 3.63) is 83.7 Å². The third-order valence-corrected chi connectivity index (χ3v) is 3.44. The van der Waals surface area contributed by atoms with Crippen LogP contribution in [-0.4, -0.2) is 10.2 Å². The molecule has 3 heteroatoms. The third kappa shape index (κ3) is 2.57. The maximum absolute atomic E-state index is 4.00. The van der Waals surface area contributed by atoms with Gasteiger partial charge in [-0.25, -0.2) is 0 Å². The zero-order valence-electron chi connectivity index (χ0n) is 11.4. The zero-order chi connectivity index (χ0) is 13.8. The second kappa shape index (κ2) is 5.61. The molecule has 0 aliphatic carbocycles. The van der Waals surface area contributed by atoms with E-state index >= 15 is 0 Å². The third-order valence-electron chi connectivity index (χ3n) is 3.44. The van der Waals surface area contributed by atoms with E-state index in [1.165, 1.54) is 16.7 Å². The number of benzene rings is 2. The van der Waals surface area contributed by atoms with Gasteiger partial charge in [0.05, 0.1) is 17.9 Å². The largest absolute Gasteiger partial charge is 0.372 e. The van der Waals surface area contributed by atoms with E-state index in [0.717, 1.165) is 5.69 Å². The smallest absolute Gasteiger partial charge is 0.0771 e. The van der Waals surface area contributed by atoms with Gasteiger partial charge in [0.1, 0.15) is 0 Å². The van der Waals surface area contributed by atoms with Gasteiger partial charge in [-0.2, -0.15) is 5.10 Å². The molecule has 0 fully saturated rings. The lowest BCUT2D eigenvalue weighted by Crippen LogP contribution is -2.13. The summed E-state index contributed by atoms with van der Waals surface area (Å²) in [6.07, 6.45) is 3.67. The Morgan fingerprint density at radius 3 is 2.45 bits per heavy atom. The molecule has 0 spiro atoms. The molecule has 1 unspecified atom stereocenters. The molecule has 2 aromatic carbocycles. The maximum atomic E-state index is 4.00. The van der Waals surface area contributed by atoms with Crippen molar-refractivity contribution in [3.63, 3.8) is 0 Å². The highest BCUT2D eigenvalue weighted by molar-refractivity contribution is 5.48. The molecule has 0 amide bonds. The van der Waals surface area contributed by atoms with Crippen molar-refractivity contribution in [2.45, 2.75) is 13.0 Å². The number of H-pyrrole nitrogens is 1. The van der Waals surface area contributed by atoms with Crippen LogP contribution in [0.25, 0.3) is 0 Å². The van der Waals surface area contributed by atoms with Crippen LogP contribution in [0.2, 0.25) is 0 Å². The highest BCUT2D eigenvalue weighted by Gasteiger charge is 2.15. The maximum Gasteiger partial charge on any atom is 0.0771 e. The number of nitrogens with one attached hydrogen (secondary N) is 2. The van der Waals surface area contributed by atoms with Crippen molar-refractivity contribution in [1.29, 1.82) is 0 Å². The van der Waals surface area contributed by atoms with E-state index in [4.69, 9.17) is 0 Å². The number of aromatic amines is 1. The number of aromatic nitrogens is 2. The van der Waals surface area contributed by atoms with Crippen molar-refractivity contribution in [2.75, 3.05) is 5.32 Å². The van der Waals surface area contributed by atoms with E-state index in [0.29, 0.717) is 0 Å². The Morgan fingerprint density at radius 1 is 1.00 bits per heavy atom. The SMILES string of the molecule is Cc1ccccc1C(Nc1cn[nH]c1)c1ccccc1. The van der Waals surface area contributed by atoms with Gasteiger partial charge >= 0.3 is 0 Å². The molecule has 0 aliphatic heterocycles. The summed E-state index contributed by atoms with van der Waals surface area (Å²) >= 11 is 0. The monoisotopic (exact) mass is 263 g/mol. The Balaban J connectivity index is 2.02. The van der Waals surface area contributed by atoms with E-state index in [1.54, 1.807) is 6.20 Å². The van der Waals surface area contributed by atoms with Gasteiger partial charge in [0.2, 0.25) is 0 Å². The molecule has 1 aromatic heterocycles. The van der Waals surface area contributed by atoms with Crippen LogP contribution in [0.1, 0.15) is 22.7 Å². The van der Waals surface area contributed by atoms with Gasteiger partial charge in [0.25, 0.3) is 0 Å². The topological polar surface area (TPSA) is 40.7 Å². The lowest BCUT2D eigenvalue weighted by molar-refractivity contribution is 0.927. The van der Waals surface area contributed by atoms with E-state index in [2.05, 4.69) is 71.0 Å². The van der Waals surface area contributed by atoms with Crippen molar-refractivity contribution in [3.8, 4) is 0 Å². The summed E-state index contributed by atoms with van der Waals surface area (Å²) in [5.41, 5.74) is 4.78. The second-order valence-electron chi connectivity index (χ2n) is 4.83. The van der Waals surface area contributed by atoms with Crippen LogP contribution >= 0.6 is 0 Å². The molecule has 3 aromatic rings. The van der Waals surface area contributed by atoms with Crippen molar-refractivity contribution in [2.24, 2.45) is 0 Å². The first-order chi connectivity index (χ1) is 9.84. The van der Waals surface area contributed by atoms with Gasteiger partial charge in [-0.05, 0) is 23.6 Å². The quantitative estimate of drug-likeness (QED) is 0.749. The van der Waals surface area contributed by atoms with Crippen LogP contribution < -0.4 is 5.32 Å². The Labute approximate surface area is 118 Å². The zero-order valence-corrected chi connectivity index (χ0v) is 11.4. The molecule has 0 aliphatic rings. The molecular weight excluding hydrogens is 246 g/mol. The fraction of sp³-hybridized carbons (Fsp3) is 0.118. The minimum Gasteiger partial charge on any atom is -0.372 e. The van der Waals surface area contributed by atoms with E-state index in [9.17, 15) is 0 Å². The molecule has 0 bridgehead atoms. The summed E-state index contributed by atoms with van der Waals surface area (Å²) in [5, 5.41) is 10.4. The molecule has 0 radical (unpaired) electrons. The first-order valence-corrected chi connectivity index (χ1v) is 6.70. The van der Waals surface area contributed by atoms with Gasteiger partial charge < -0.3 is 5.32 Å². The van der Waals surface area contributed by atoms with Crippen LogP contribution in [0, 0.1) is 6.92 Å².